The summed E-state index contributed by atoms with van der Waals surface area (Å²) in [4.78, 5) is 36.2. The van der Waals surface area contributed by atoms with E-state index < -0.39 is 11.9 Å². The van der Waals surface area contributed by atoms with Gasteiger partial charge in [-0.15, -0.1) is 11.8 Å². The van der Waals surface area contributed by atoms with E-state index in [4.69, 9.17) is 4.74 Å². The summed E-state index contributed by atoms with van der Waals surface area (Å²) >= 11 is 1.28. The Kier molecular flexibility index (Phi) is 8.75. The first-order valence-corrected chi connectivity index (χ1v) is 10.3. The number of ether oxygens (including phenoxy) is 1. The van der Waals surface area contributed by atoms with Gasteiger partial charge in [-0.05, 0) is 49.6 Å². The molecule has 28 heavy (non-hydrogen) atoms. The van der Waals surface area contributed by atoms with Crippen LogP contribution < -0.4 is 5.32 Å². The van der Waals surface area contributed by atoms with Crippen LogP contribution in [0.5, 0.6) is 0 Å². The molecular formula is C22H25NO4S. The maximum absolute atomic E-state index is 12.3. The third-order valence-electron chi connectivity index (χ3n) is 3.93. The first-order valence-electron chi connectivity index (χ1n) is 9.26. The summed E-state index contributed by atoms with van der Waals surface area (Å²) in [6, 6.07) is 14.5. The van der Waals surface area contributed by atoms with Crippen molar-refractivity contribution in [3.05, 3.63) is 59.7 Å². The van der Waals surface area contributed by atoms with Crippen LogP contribution in [0.15, 0.2) is 53.4 Å². The SMILES string of the molecule is CCCCc1ccc(NC(=O)COC(=O)c2ccccc2SCC(C)=O)cc1. The first kappa shape index (κ1) is 21.7. The quantitative estimate of drug-likeness (QED) is 0.470. The van der Waals surface area contributed by atoms with Gasteiger partial charge in [0, 0.05) is 10.6 Å². The fourth-order valence-corrected chi connectivity index (χ4v) is 3.32. The molecule has 2 aromatic carbocycles. The summed E-state index contributed by atoms with van der Waals surface area (Å²) in [6.07, 6.45) is 3.29. The van der Waals surface area contributed by atoms with Crippen molar-refractivity contribution < 1.29 is 19.1 Å². The van der Waals surface area contributed by atoms with Crippen LogP contribution in [-0.4, -0.2) is 30.0 Å². The number of thioether (sulfide) groups is 1. The monoisotopic (exact) mass is 399 g/mol. The summed E-state index contributed by atoms with van der Waals surface area (Å²) in [5.74, 6) is -0.688. The molecule has 0 heterocycles. The average molecular weight is 400 g/mol. The van der Waals surface area contributed by atoms with E-state index >= 15 is 0 Å². The number of rotatable bonds is 10. The molecule has 0 aliphatic heterocycles. The maximum Gasteiger partial charge on any atom is 0.339 e. The molecule has 1 N–H and O–H groups in total. The highest BCUT2D eigenvalue weighted by Gasteiger charge is 2.15. The van der Waals surface area contributed by atoms with Crippen LogP contribution in [0.2, 0.25) is 0 Å². The van der Waals surface area contributed by atoms with Crippen molar-refractivity contribution in [3.8, 4) is 0 Å². The van der Waals surface area contributed by atoms with Gasteiger partial charge in [-0.25, -0.2) is 4.79 Å². The summed E-state index contributed by atoms with van der Waals surface area (Å²) in [6.45, 7) is 3.27. The number of ketones is 1. The molecule has 0 spiro atoms. The smallest absolute Gasteiger partial charge is 0.339 e. The second-order valence-corrected chi connectivity index (χ2v) is 7.43. The fourth-order valence-electron chi connectivity index (χ4n) is 2.48. The number of aryl methyl sites for hydroxylation is 1. The minimum absolute atomic E-state index is 0.0215. The normalized spacial score (nSPS) is 10.4. The number of hydrogen-bond acceptors (Lipinski definition) is 5. The molecule has 5 nitrogen and oxygen atoms in total. The molecule has 0 bridgehead atoms. The molecule has 0 radical (unpaired) electrons. The third-order valence-corrected chi connectivity index (χ3v) is 5.15. The molecule has 0 aromatic heterocycles. The van der Waals surface area contributed by atoms with Crippen LogP contribution in [0, 0.1) is 0 Å². The average Bonchev–Trinajstić information content (AvgIpc) is 2.70. The molecule has 0 aliphatic carbocycles. The van der Waals surface area contributed by atoms with Crippen molar-refractivity contribution in [2.24, 2.45) is 0 Å². The van der Waals surface area contributed by atoms with Crippen molar-refractivity contribution in [2.75, 3.05) is 17.7 Å². The Morgan fingerprint density at radius 3 is 2.43 bits per heavy atom. The highest BCUT2D eigenvalue weighted by Crippen LogP contribution is 2.23. The number of anilines is 1. The van der Waals surface area contributed by atoms with Crippen molar-refractivity contribution in [1.29, 1.82) is 0 Å². The summed E-state index contributed by atoms with van der Waals surface area (Å²) in [7, 11) is 0. The Hall–Kier alpha value is -2.60. The largest absolute Gasteiger partial charge is 0.452 e. The zero-order valence-corrected chi connectivity index (χ0v) is 17.0. The Bertz CT molecular complexity index is 818. The number of Topliss-reactive ketones (excluding diaryl/α,β-unsaturated/α-hetero) is 1. The molecule has 2 rings (SSSR count). The van der Waals surface area contributed by atoms with Gasteiger partial charge < -0.3 is 10.1 Å². The Balaban J connectivity index is 1.87. The van der Waals surface area contributed by atoms with Gasteiger partial charge in [-0.3, -0.25) is 9.59 Å². The number of nitrogens with one attached hydrogen (secondary N) is 1. The zero-order chi connectivity index (χ0) is 20.4. The van der Waals surface area contributed by atoms with Gasteiger partial charge in [-0.1, -0.05) is 37.6 Å². The lowest BCUT2D eigenvalue weighted by molar-refractivity contribution is -0.119. The van der Waals surface area contributed by atoms with Crippen molar-refractivity contribution in [1.82, 2.24) is 0 Å². The highest BCUT2D eigenvalue weighted by atomic mass is 32.2. The van der Waals surface area contributed by atoms with E-state index in [2.05, 4.69) is 12.2 Å². The van der Waals surface area contributed by atoms with Crippen LogP contribution in [0.3, 0.4) is 0 Å². The molecule has 0 atom stereocenters. The van der Waals surface area contributed by atoms with E-state index in [1.165, 1.54) is 24.2 Å². The molecule has 0 saturated heterocycles. The van der Waals surface area contributed by atoms with Gasteiger partial charge in [0.2, 0.25) is 0 Å². The Morgan fingerprint density at radius 2 is 1.75 bits per heavy atom. The number of carbonyl (C=O) groups is 3. The van der Waals surface area contributed by atoms with Crippen LogP contribution in [0.1, 0.15) is 42.6 Å². The molecule has 0 saturated carbocycles. The van der Waals surface area contributed by atoms with Crippen LogP contribution in [0.4, 0.5) is 5.69 Å². The molecule has 1 amide bonds. The Morgan fingerprint density at radius 1 is 1.04 bits per heavy atom. The Labute approximate surface area is 169 Å². The van der Waals surface area contributed by atoms with Crippen molar-refractivity contribution >= 4 is 35.1 Å². The lowest BCUT2D eigenvalue weighted by Gasteiger charge is -2.10. The molecule has 2 aromatic rings. The molecule has 148 valence electrons. The lowest BCUT2D eigenvalue weighted by atomic mass is 10.1. The van der Waals surface area contributed by atoms with Gasteiger partial charge in [0.25, 0.3) is 5.91 Å². The second kappa shape index (κ2) is 11.3. The number of hydrogen-bond donors (Lipinski definition) is 1. The van der Waals surface area contributed by atoms with E-state index in [1.54, 1.807) is 24.3 Å². The number of amides is 1. The fraction of sp³-hybridized carbons (Fsp3) is 0.318. The van der Waals surface area contributed by atoms with Gasteiger partial charge in [0.05, 0.1) is 11.3 Å². The molecule has 0 aliphatic rings. The predicted octanol–water partition coefficient (Wildman–Crippen LogP) is 4.51. The molecule has 6 heteroatoms. The number of carbonyl (C=O) groups excluding carboxylic acids is 3. The van der Waals surface area contributed by atoms with Gasteiger partial charge >= 0.3 is 5.97 Å². The highest BCUT2D eigenvalue weighted by molar-refractivity contribution is 8.00. The third kappa shape index (κ3) is 7.19. The van der Waals surface area contributed by atoms with E-state index in [-0.39, 0.29) is 18.1 Å². The first-order chi connectivity index (χ1) is 13.5. The second-order valence-electron chi connectivity index (χ2n) is 6.41. The van der Waals surface area contributed by atoms with Crippen LogP contribution in [0.25, 0.3) is 0 Å². The summed E-state index contributed by atoms with van der Waals surface area (Å²) in [5.41, 5.74) is 2.24. The predicted molar refractivity (Wildman–Crippen MR) is 112 cm³/mol. The number of esters is 1. The minimum atomic E-state index is -0.586. The van der Waals surface area contributed by atoms with E-state index in [0.717, 1.165) is 19.3 Å². The zero-order valence-electron chi connectivity index (χ0n) is 16.2. The molecule has 0 fully saturated rings. The van der Waals surface area contributed by atoms with Crippen LogP contribution in [-0.2, 0) is 20.7 Å². The van der Waals surface area contributed by atoms with Gasteiger partial charge in [-0.2, -0.15) is 0 Å². The van der Waals surface area contributed by atoms with Crippen molar-refractivity contribution in [2.45, 2.75) is 38.0 Å². The molecule has 0 unspecified atom stereocenters. The topological polar surface area (TPSA) is 72.5 Å². The summed E-state index contributed by atoms with van der Waals surface area (Å²) in [5, 5.41) is 2.72. The number of benzene rings is 2. The van der Waals surface area contributed by atoms with Crippen LogP contribution >= 0.6 is 11.8 Å². The lowest BCUT2D eigenvalue weighted by Crippen LogP contribution is -2.21. The number of unbranched alkanes of at least 4 members (excludes halogenated alkanes) is 1. The van der Waals surface area contributed by atoms with Crippen molar-refractivity contribution in [3.63, 3.8) is 0 Å². The molecular weight excluding hydrogens is 374 g/mol. The van der Waals surface area contributed by atoms with E-state index in [0.29, 0.717) is 16.1 Å². The minimum Gasteiger partial charge on any atom is -0.452 e. The van der Waals surface area contributed by atoms with E-state index in [1.807, 2.05) is 24.3 Å². The van der Waals surface area contributed by atoms with Gasteiger partial charge in [0.15, 0.2) is 6.61 Å². The maximum atomic E-state index is 12.3. The van der Waals surface area contributed by atoms with E-state index in [9.17, 15) is 14.4 Å². The van der Waals surface area contributed by atoms with Gasteiger partial charge in [0.1, 0.15) is 5.78 Å². The summed E-state index contributed by atoms with van der Waals surface area (Å²) < 4.78 is 5.14. The standard InChI is InChI=1S/C22H25NO4S/c1-3-4-7-17-10-12-18(13-11-17)23-21(25)14-27-22(26)19-8-5-6-9-20(19)28-15-16(2)24/h5-6,8-13H,3-4,7,14-15H2,1-2H3,(H,23,25).